The van der Waals surface area contributed by atoms with E-state index < -0.39 is 4.92 Å². The van der Waals surface area contributed by atoms with E-state index in [0.29, 0.717) is 6.54 Å². The topological polar surface area (TPSA) is 73.8 Å². The van der Waals surface area contributed by atoms with Crippen molar-refractivity contribution in [2.24, 2.45) is 0 Å². The minimum absolute atomic E-state index is 0.371. The predicted molar refractivity (Wildman–Crippen MR) is 57.8 cm³/mol. The normalized spacial score (nSPS) is 10.5. The molecule has 0 atom stereocenters. The Bertz CT molecular complexity index is 495. The largest absolute Gasteiger partial charge is 0.490 e. The summed E-state index contributed by atoms with van der Waals surface area (Å²) in [6, 6.07) is 1.94. The maximum absolute atomic E-state index is 10.3. The van der Waals surface area contributed by atoms with E-state index in [-0.39, 0.29) is 5.95 Å². The number of nitro groups is 1. The molecule has 0 saturated carbocycles. The van der Waals surface area contributed by atoms with Crippen molar-refractivity contribution in [3.8, 4) is 0 Å². The third-order valence-electron chi connectivity index (χ3n) is 1.65. The molecule has 0 aromatic carbocycles. The summed E-state index contributed by atoms with van der Waals surface area (Å²) in [7, 11) is 0. The van der Waals surface area contributed by atoms with Crippen LogP contribution in [0.25, 0.3) is 0 Å². The lowest BCUT2D eigenvalue weighted by Crippen LogP contribution is -2.00. The molecule has 0 N–H and O–H groups in total. The molecule has 0 amide bonds. The van der Waals surface area contributed by atoms with E-state index >= 15 is 0 Å². The Morgan fingerprint density at radius 1 is 1.67 bits per heavy atom. The highest BCUT2D eigenvalue weighted by Gasteiger charge is 2.13. The Labute approximate surface area is 96.8 Å². The summed E-state index contributed by atoms with van der Waals surface area (Å²) >= 11 is 4.90. The van der Waals surface area contributed by atoms with Crippen molar-refractivity contribution >= 4 is 33.2 Å². The average molecular weight is 289 g/mol. The van der Waals surface area contributed by atoms with Crippen LogP contribution in [0.15, 0.2) is 21.6 Å². The van der Waals surface area contributed by atoms with Gasteiger partial charge in [0.15, 0.2) is 0 Å². The molecule has 0 saturated heterocycles. The van der Waals surface area contributed by atoms with Crippen LogP contribution in [0.5, 0.6) is 0 Å². The molecule has 2 rings (SSSR count). The molecular formula is C7H5BrN4O2S. The Balaban J connectivity index is 2.14. The lowest BCUT2D eigenvalue weighted by molar-refractivity contribution is -0.394. The highest BCUT2D eigenvalue weighted by atomic mass is 79.9. The molecule has 0 fully saturated rings. The zero-order valence-corrected chi connectivity index (χ0v) is 9.73. The van der Waals surface area contributed by atoms with Gasteiger partial charge in [-0.15, -0.1) is 11.3 Å². The highest BCUT2D eigenvalue weighted by Crippen LogP contribution is 2.21. The molecule has 78 valence electrons. The Kier molecular flexibility index (Phi) is 2.78. The average Bonchev–Trinajstić information content (AvgIpc) is 2.76. The number of hydrogen-bond acceptors (Lipinski definition) is 5. The van der Waals surface area contributed by atoms with Gasteiger partial charge in [0, 0.05) is 5.10 Å². The van der Waals surface area contributed by atoms with E-state index in [9.17, 15) is 10.1 Å². The van der Waals surface area contributed by atoms with Crippen molar-refractivity contribution < 1.29 is 4.92 Å². The van der Waals surface area contributed by atoms with Crippen LogP contribution in [0.4, 0.5) is 5.95 Å². The van der Waals surface area contributed by atoms with Gasteiger partial charge >= 0.3 is 5.95 Å². The first kappa shape index (κ1) is 10.2. The number of nitrogens with zero attached hydrogens (tertiary/aromatic N) is 4. The monoisotopic (exact) mass is 288 g/mol. The summed E-state index contributed by atoms with van der Waals surface area (Å²) in [5, 5.41) is 16.0. The molecule has 6 nitrogen and oxygen atoms in total. The predicted octanol–water partition coefficient (Wildman–Crippen LogP) is 2.06. The highest BCUT2D eigenvalue weighted by molar-refractivity contribution is 9.11. The summed E-state index contributed by atoms with van der Waals surface area (Å²) in [6.07, 6.45) is 1.35. The van der Waals surface area contributed by atoms with Gasteiger partial charge in [-0.1, -0.05) is 4.98 Å². The number of aromatic nitrogens is 3. The molecule has 0 aliphatic rings. The van der Waals surface area contributed by atoms with E-state index in [0.717, 1.165) is 9.35 Å². The smallest absolute Gasteiger partial charge is 0.390 e. The van der Waals surface area contributed by atoms with Gasteiger partial charge in [-0.05, 0) is 37.9 Å². The van der Waals surface area contributed by atoms with Gasteiger partial charge in [-0.3, -0.25) is 0 Å². The van der Waals surface area contributed by atoms with Gasteiger partial charge < -0.3 is 10.1 Å². The van der Waals surface area contributed by atoms with E-state index in [1.165, 1.54) is 11.0 Å². The molecule has 15 heavy (non-hydrogen) atoms. The molecule has 2 aromatic heterocycles. The fourth-order valence-electron chi connectivity index (χ4n) is 1.06. The Morgan fingerprint density at radius 3 is 3.00 bits per heavy atom. The summed E-state index contributed by atoms with van der Waals surface area (Å²) in [5.74, 6) is -0.371. The molecule has 8 heteroatoms. The molecule has 0 aliphatic carbocycles. The summed E-state index contributed by atoms with van der Waals surface area (Å²) in [5.41, 5.74) is 1.03. The van der Waals surface area contributed by atoms with E-state index in [1.807, 2.05) is 11.4 Å². The van der Waals surface area contributed by atoms with Gasteiger partial charge in [0.05, 0.1) is 10.3 Å². The van der Waals surface area contributed by atoms with E-state index in [2.05, 4.69) is 26.0 Å². The van der Waals surface area contributed by atoms with Crippen LogP contribution < -0.4 is 0 Å². The molecule has 2 aromatic rings. The molecule has 2 heterocycles. The molecule has 0 bridgehead atoms. The van der Waals surface area contributed by atoms with E-state index in [4.69, 9.17) is 0 Å². The zero-order valence-electron chi connectivity index (χ0n) is 7.33. The minimum atomic E-state index is -0.611. The van der Waals surface area contributed by atoms with Crippen molar-refractivity contribution in [1.29, 1.82) is 0 Å². The van der Waals surface area contributed by atoms with Gasteiger partial charge in [0.2, 0.25) is 6.33 Å². The van der Waals surface area contributed by atoms with Crippen LogP contribution in [0.3, 0.4) is 0 Å². The molecule has 0 radical (unpaired) electrons. The Morgan fingerprint density at radius 2 is 2.47 bits per heavy atom. The van der Waals surface area contributed by atoms with Crippen molar-refractivity contribution in [2.75, 3.05) is 0 Å². The second-order valence-electron chi connectivity index (χ2n) is 2.76. The van der Waals surface area contributed by atoms with Crippen molar-refractivity contribution in [3.05, 3.63) is 37.2 Å². The summed E-state index contributed by atoms with van der Waals surface area (Å²) in [6.45, 7) is 0.489. The van der Waals surface area contributed by atoms with Gasteiger partial charge in [0.25, 0.3) is 0 Å². The fraction of sp³-hybridized carbons (Fsp3) is 0.143. The van der Waals surface area contributed by atoms with Crippen LogP contribution >= 0.6 is 27.3 Å². The van der Waals surface area contributed by atoms with Gasteiger partial charge in [-0.25, -0.2) is 0 Å². The lowest BCUT2D eigenvalue weighted by Gasteiger charge is -1.91. The zero-order chi connectivity index (χ0) is 10.8. The maximum Gasteiger partial charge on any atom is 0.490 e. The van der Waals surface area contributed by atoms with Crippen LogP contribution in [-0.4, -0.2) is 19.7 Å². The quantitative estimate of drug-likeness (QED) is 0.640. The molecule has 0 unspecified atom stereocenters. The first-order valence-corrected chi connectivity index (χ1v) is 5.59. The fourth-order valence-corrected chi connectivity index (χ4v) is 2.26. The molecular weight excluding hydrogens is 284 g/mol. The second kappa shape index (κ2) is 4.07. The number of halogens is 1. The van der Waals surface area contributed by atoms with Crippen molar-refractivity contribution in [2.45, 2.75) is 6.54 Å². The SMILES string of the molecule is O=[N+]([O-])c1ncn(Cc2csc(Br)c2)n1. The molecule has 0 aliphatic heterocycles. The Hall–Kier alpha value is -1.28. The minimum Gasteiger partial charge on any atom is -0.390 e. The standard InChI is InChI=1S/C7H5BrN4O2S/c8-6-1-5(3-15-6)2-11-4-9-7(10-11)12(13)14/h1,3-4H,2H2. The van der Waals surface area contributed by atoms with Crippen LogP contribution in [-0.2, 0) is 6.54 Å². The van der Waals surface area contributed by atoms with Gasteiger partial charge in [-0.2, -0.15) is 4.68 Å². The molecule has 0 spiro atoms. The third kappa shape index (κ3) is 2.39. The van der Waals surface area contributed by atoms with E-state index in [1.54, 1.807) is 11.3 Å². The number of thiophene rings is 1. The first-order valence-electron chi connectivity index (χ1n) is 3.92. The number of hydrogen-bond donors (Lipinski definition) is 0. The third-order valence-corrected chi connectivity index (χ3v) is 3.21. The number of rotatable bonds is 3. The van der Waals surface area contributed by atoms with Gasteiger partial charge in [0.1, 0.15) is 0 Å². The first-order chi connectivity index (χ1) is 7.15. The lowest BCUT2D eigenvalue weighted by atomic mass is 10.3. The summed E-state index contributed by atoms with van der Waals surface area (Å²) < 4.78 is 2.46. The van der Waals surface area contributed by atoms with Crippen molar-refractivity contribution in [1.82, 2.24) is 14.8 Å². The van der Waals surface area contributed by atoms with Crippen LogP contribution in [0, 0.1) is 10.1 Å². The van der Waals surface area contributed by atoms with Crippen LogP contribution in [0.1, 0.15) is 5.56 Å². The van der Waals surface area contributed by atoms with Crippen molar-refractivity contribution in [3.63, 3.8) is 0 Å². The maximum atomic E-state index is 10.3. The summed E-state index contributed by atoms with van der Waals surface area (Å²) in [4.78, 5) is 13.3. The second-order valence-corrected chi connectivity index (χ2v) is 5.05. The van der Waals surface area contributed by atoms with Crippen LogP contribution in [0.2, 0.25) is 0 Å².